The third-order valence-electron chi connectivity index (χ3n) is 3.10. The Bertz CT molecular complexity index is 468. The fourth-order valence-electron chi connectivity index (χ4n) is 2.10. The highest BCUT2D eigenvalue weighted by Gasteiger charge is 2.14. The SMILES string of the molecule is C/C(=N\O)c1cc(C)cc(CN(CCO)CCO)c1O. The van der Waals surface area contributed by atoms with E-state index in [1.54, 1.807) is 13.0 Å². The number of phenols is 1. The zero-order valence-electron chi connectivity index (χ0n) is 11.9. The quantitative estimate of drug-likeness (QED) is 0.335. The molecule has 1 aromatic carbocycles. The molecule has 0 bridgehead atoms. The molecule has 0 atom stereocenters. The van der Waals surface area contributed by atoms with Crippen LogP contribution in [0.25, 0.3) is 0 Å². The lowest BCUT2D eigenvalue weighted by atomic mass is 10.0. The molecule has 6 nitrogen and oxygen atoms in total. The van der Waals surface area contributed by atoms with Crippen molar-refractivity contribution in [1.29, 1.82) is 0 Å². The molecule has 1 rings (SSSR count). The van der Waals surface area contributed by atoms with E-state index in [0.717, 1.165) is 5.56 Å². The van der Waals surface area contributed by atoms with Gasteiger partial charge in [0.2, 0.25) is 0 Å². The van der Waals surface area contributed by atoms with Gasteiger partial charge in [0, 0.05) is 30.8 Å². The van der Waals surface area contributed by atoms with E-state index >= 15 is 0 Å². The second-order valence-corrected chi connectivity index (χ2v) is 4.73. The predicted molar refractivity (Wildman–Crippen MR) is 76.3 cm³/mol. The van der Waals surface area contributed by atoms with Gasteiger partial charge in [0.1, 0.15) is 5.75 Å². The first kappa shape index (κ1) is 16.4. The van der Waals surface area contributed by atoms with Crippen LogP contribution in [0.4, 0.5) is 0 Å². The number of aliphatic hydroxyl groups excluding tert-OH is 2. The normalized spacial score (nSPS) is 12.2. The van der Waals surface area contributed by atoms with Gasteiger partial charge in [0.15, 0.2) is 0 Å². The van der Waals surface area contributed by atoms with Gasteiger partial charge in [-0.1, -0.05) is 11.2 Å². The highest BCUT2D eigenvalue weighted by Crippen LogP contribution is 2.26. The Balaban J connectivity index is 3.08. The zero-order valence-corrected chi connectivity index (χ0v) is 11.9. The molecule has 6 heteroatoms. The molecule has 0 saturated carbocycles. The van der Waals surface area contributed by atoms with Crippen molar-refractivity contribution in [2.24, 2.45) is 5.16 Å². The molecular weight excluding hydrogens is 260 g/mol. The van der Waals surface area contributed by atoms with Crippen molar-refractivity contribution in [2.75, 3.05) is 26.3 Å². The van der Waals surface area contributed by atoms with E-state index in [0.29, 0.717) is 36.5 Å². The van der Waals surface area contributed by atoms with Crippen molar-refractivity contribution in [3.8, 4) is 5.75 Å². The van der Waals surface area contributed by atoms with Gasteiger partial charge >= 0.3 is 0 Å². The van der Waals surface area contributed by atoms with Crippen LogP contribution in [0.1, 0.15) is 23.6 Å². The Morgan fingerprint density at radius 1 is 1.20 bits per heavy atom. The van der Waals surface area contributed by atoms with Crippen LogP contribution in [-0.4, -0.2) is 57.4 Å². The maximum Gasteiger partial charge on any atom is 0.129 e. The summed E-state index contributed by atoms with van der Waals surface area (Å²) in [5, 5.41) is 40.2. The van der Waals surface area contributed by atoms with Crippen LogP contribution < -0.4 is 0 Å². The van der Waals surface area contributed by atoms with Gasteiger partial charge in [-0.2, -0.15) is 0 Å². The molecule has 20 heavy (non-hydrogen) atoms. The second-order valence-electron chi connectivity index (χ2n) is 4.73. The van der Waals surface area contributed by atoms with E-state index < -0.39 is 0 Å². The molecule has 0 aromatic heterocycles. The lowest BCUT2D eigenvalue weighted by Gasteiger charge is -2.21. The average molecular weight is 282 g/mol. The van der Waals surface area contributed by atoms with Crippen molar-refractivity contribution in [3.05, 3.63) is 28.8 Å². The molecule has 0 spiro atoms. The Kier molecular flexibility index (Phi) is 6.44. The summed E-state index contributed by atoms with van der Waals surface area (Å²) in [6.45, 7) is 4.69. The van der Waals surface area contributed by atoms with Crippen LogP contribution in [0.15, 0.2) is 17.3 Å². The fraction of sp³-hybridized carbons (Fsp3) is 0.500. The first-order valence-corrected chi connectivity index (χ1v) is 6.49. The predicted octanol–water partition coefficient (Wildman–Crippen LogP) is 0.685. The van der Waals surface area contributed by atoms with Gasteiger partial charge in [0.05, 0.1) is 18.9 Å². The van der Waals surface area contributed by atoms with Gasteiger partial charge < -0.3 is 20.5 Å². The van der Waals surface area contributed by atoms with Crippen LogP contribution in [0, 0.1) is 6.92 Å². The van der Waals surface area contributed by atoms with Gasteiger partial charge in [-0.05, 0) is 25.5 Å². The third-order valence-corrected chi connectivity index (χ3v) is 3.10. The molecule has 0 aliphatic heterocycles. The topological polar surface area (TPSA) is 96.5 Å². The Morgan fingerprint density at radius 2 is 1.80 bits per heavy atom. The van der Waals surface area contributed by atoms with Crippen LogP contribution in [0.2, 0.25) is 0 Å². The second kappa shape index (κ2) is 7.84. The first-order chi connectivity index (χ1) is 9.53. The number of benzene rings is 1. The van der Waals surface area contributed by atoms with Gasteiger partial charge in [-0.25, -0.2) is 0 Å². The van der Waals surface area contributed by atoms with Crippen molar-refractivity contribution in [2.45, 2.75) is 20.4 Å². The molecule has 0 radical (unpaired) electrons. The maximum absolute atomic E-state index is 10.3. The van der Waals surface area contributed by atoms with Crippen LogP contribution in [0.3, 0.4) is 0 Å². The average Bonchev–Trinajstić information content (AvgIpc) is 2.42. The number of aromatic hydroxyl groups is 1. The zero-order chi connectivity index (χ0) is 15.1. The first-order valence-electron chi connectivity index (χ1n) is 6.49. The van der Waals surface area contributed by atoms with E-state index in [1.165, 1.54) is 0 Å². The van der Waals surface area contributed by atoms with E-state index in [-0.39, 0.29) is 19.0 Å². The fourth-order valence-corrected chi connectivity index (χ4v) is 2.10. The molecular formula is C14H22N2O4. The highest BCUT2D eigenvalue weighted by atomic mass is 16.4. The molecule has 0 fully saturated rings. The van der Waals surface area contributed by atoms with Crippen molar-refractivity contribution in [3.63, 3.8) is 0 Å². The van der Waals surface area contributed by atoms with E-state index in [9.17, 15) is 5.11 Å². The molecule has 0 aliphatic rings. The van der Waals surface area contributed by atoms with E-state index in [2.05, 4.69) is 5.16 Å². The lowest BCUT2D eigenvalue weighted by molar-refractivity contribution is 0.155. The van der Waals surface area contributed by atoms with Crippen molar-refractivity contribution < 1.29 is 20.5 Å². The summed E-state index contributed by atoms with van der Waals surface area (Å²) in [6, 6.07) is 3.58. The van der Waals surface area contributed by atoms with Crippen molar-refractivity contribution >= 4 is 5.71 Å². The summed E-state index contributed by atoms with van der Waals surface area (Å²) in [7, 11) is 0. The lowest BCUT2D eigenvalue weighted by Crippen LogP contribution is -2.29. The van der Waals surface area contributed by atoms with Crippen LogP contribution in [-0.2, 0) is 6.54 Å². The molecule has 0 saturated heterocycles. The molecule has 4 N–H and O–H groups in total. The molecule has 0 aliphatic carbocycles. The molecule has 1 aromatic rings. The van der Waals surface area contributed by atoms with Gasteiger partial charge in [-0.15, -0.1) is 0 Å². The Labute approximate surface area is 118 Å². The summed E-state index contributed by atoms with van der Waals surface area (Å²) in [5.74, 6) is 0.0618. The Morgan fingerprint density at radius 3 is 2.30 bits per heavy atom. The van der Waals surface area contributed by atoms with Gasteiger partial charge in [-0.3, -0.25) is 4.90 Å². The number of aliphatic hydroxyl groups is 2. The largest absolute Gasteiger partial charge is 0.507 e. The van der Waals surface area contributed by atoms with Crippen molar-refractivity contribution in [1.82, 2.24) is 4.90 Å². The van der Waals surface area contributed by atoms with Gasteiger partial charge in [0.25, 0.3) is 0 Å². The molecule has 0 heterocycles. The smallest absolute Gasteiger partial charge is 0.129 e. The third kappa shape index (κ3) is 4.19. The summed E-state index contributed by atoms with van der Waals surface area (Å²) in [6.07, 6.45) is 0. The summed E-state index contributed by atoms with van der Waals surface area (Å²) >= 11 is 0. The number of oxime groups is 1. The minimum atomic E-state index is -0.0173. The molecule has 112 valence electrons. The van der Waals surface area contributed by atoms with Crippen LogP contribution in [0.5, 0.6) is 5.75 Å². The number of aryl methyl sites for hydroxylation is 1. The van der Waals surface area contributed by atoms with Crippen LogP contribution >= 0.6 is 0 Å². The maximum atomic E-state index is 10.3. The molecule has 0 unspecified atom stereocenters. The van der Waals surface area contributed by atoms with E-state index in [1.807, 2.05) is 17.9 Å². The standard InChI is InChI=1S/C14H22N2O4/c1-10-7-12(9-16(3-5-17)4-6-18)14(19)13(8-10)11(2)15-20/h7-8,17-20H,3-6,9H2,1-2H3/b15-11+. The highest BCUT2D eigenvalue weighted by molar-refractivity contribution is 6.01. The number of nitrogens with zero attached hydrogens (tertiary/aromatic N) is 2. The minimum Gasteiger partial charge on any atom is -0.507 e. The summed E-state index contributed by atoms with van der Waals surface area (Å²) < 4.78 is 0. The summed E-state index contributed by atoms with van der Waals surface area (Å²) in [5.41, 5.74) is 2.42. The van der Waals surface area contributed by atoms with E-state index in [4.69, 9.17) is 15.4 Å². The number of phenolic OH excluding ortho intramolecular Hbond substituents is 1. The number of hydrogen-bond acceptors (Lipinski definition) is 6. The molecule has 0 amide bonds. The minimum absolute atomic E-state index is 0.0173. The number of rotatable bonds is 7. The monoisotopic (exact) mass is 282 g/mol. The number of hydrogen-bond donors (Lipinski definition) is 4. The Hall–Kier alpha value is -1.63. The summed E-state index contributed by atoms with van der Waals surface area (Å²) in [4.78, 5) is 1.84.